The smallest absolute Gasteiger partial charge is 0.0830 e. The van der Waals surface area contributed by atoms with Crippen LogP contribution in [0.1, 0.15) is 0 Å². The van der Waals surface area contributed by atoms with Crippen LogP contribution in [0.4, 0.5) is 5.69 Å². The maximum absolute atomic E-state index is 4.36. The van der Waals surface area contributed by atoms with E-state index in [2.05, 4.69) is 32.7 Å². The van der Waals surface area contributed by atoms with Crippen LogP contribution in [0, 0.1) is 0 Å². The van der Waals surface area contributed by atoms with E-state index in [-0.39, 0.29) is 24.8 Å². The van der Waals surface area contributed by atoms with Crippen LogP contribution in [-0.2, 0) is 0 Å². The first kappa shape index (κ1) is 14.5. The third-order valence-electron chi connectivity index (χ3n) is 2.78. The summed E-state index contributed by atoms with van der Waals surface area (Å²) >= 11 is 1.78. The molecule has 1 aliphatic heterocycles. The summed E-state index contributed by atoms with van der Waals surface area (Å²) in [4.78, 5) is 6.81. The summed E-state index contributed by atoms with van der Waals surface area (Å²) < 4.78 is 1.32. The van der Waals surface area contributed by atoms with Crippen molar-refractivity contribution in [2.45, 2.75) is 0 Å². The molecule has 6 heteroatoms. The summed E-state index contributed by atoms with van der Waals surface area (Å²) in [6.07, 6.45) is 1.91. The van der Waals surface area contributed by atoms with E-state index in [1.54, 1.807) is 11.3 Å². The number of thiophene rings is 1. The van der Waals surface area contributed by atoms with Crippen LogP contribution in [0.15, 0.2) is 23.7 Å². The second-order valence-corrected chi connectivity index (χ2v) is 4.62. The number of anilines is 1. The highest BCUT2D eigenvalue weighted by Crippen LogP contribution is 2.29. The van der Waals surface area contributed by atoms with E-state index in [4.69, 9.17) is 0 Å². The number of nitrogens with zero attached hydrogens (tertiary/aromatic N) is 2. The molecular weight excluding hydrogens is 277 g/mol. The highest BCUT2D eigenvalue weighted by Gasteiger charge is 2.13. The van der Waals surface area contributed by atoms with E-state index in [1.165, 1.54) is 10.4 Å². The van der Waals surface area contributed by atoms with Gasteiger partial charge in [0.15, 0.2) is 0 Å². The second kappa shape index (κ2) is 6.40. The number of pyridine rings is 1. The summed E-state index contributed by atoms with van der Waals surface area (Å²) in [6, 6.07) is 4.22. The fourth-order valence-electron chi connectivity index (χ4n) is 2.01. The van der Waals surface area contributed by atoms with Crippen molar-refractivity contribution in [2.24, 2.45) is 0 Å². The number of hydrogen-bond acceptors (Lipinski definition) is 4. The van der Waals surface area contributed by atoms with Gasteiger partial charge in [0, 0.05) is 32.4 Å². The molecule has 94 valence electrons. The van der Waals surface area contributed by atoms with Crippen LogP contribution >= 0.6 is 36.2 Å². The van der Waals surface area contributed by atoms with Crippen molar-refractivity contribution < 1.29 is 0 Å². The molecule has 3 rings (SSSR count). The number of hydrogen-bond donors (Lipinski definition) is 1. The van der Waals surface area contributed by atoms with Gasteiger partial charge >= 0.3 is 0 Å². The van der Waals surface area contributed by atoms with E-state index in [0.717, 1.165) is 31.7 Å². The Bertz CT molecular complexity index is 468. The SMILES string of the molecule is Cl.Cl.c1cc(N2CCNCC2)c2sccc2n1. The van der Waals surface area contributed by atoms with Gasteiger partial charge in [-0.1, -0.05) is 0 Å². The third-order valence-corrected chi connectivity index (χ3v) is 3.71. The van der Waals surface area contributed by atoms with E-state index in [1.807, 2.05) is 6.20 Å². The predicted octanol–water partition coefficient (Wildman–Crippen LogP) is 2.55. The van der Waals surface area contributed by atoms with Gasteiger partial charge in [0.05, 0.1) is 15.9 Å². The molecule has 0 unspecified atom stereocenters. The van der Waals surface area contributed by atoms with Gasteiger partial charge in [-0.3, -0.25) is 4.98 Å². The van der Waals surface area contributed by atoms with Crippen LogP contribution in [0.3, 0.4) is 0 Å². The molecule has 0 spiro atoms. The predicted molar refractivity (Wildman–Crippen MR) is 79.2 cm³/mol. The van der Waals surface area contributed by atoms with Crippen molar-refractivity contribution in [2.75, 3.05) is 31.1 Å². The van der Waals surface area contributed by atoms with Gasteiger partial charge < -0.3 is 10.2 Å². The summed E-state index contributed by atoms with van der Waals surface area (Å²) in [7, 11) is 0. The number of nitrogens with one attached hydrogen (secondary N) is 1. The van der Waals surface area contributed by atoms with Crippen LogP contribution in [0.2, 0.25) is 0 Å². The van der Waals surface area contributed by atoms with Crippen LogP contribution < -0.4 is 10.2 Å². The minimum Gasteiger partial charge on any atom is -0.368 e. The second-order valence-electron chi connectivity index (χ2n) is 3.70. The minimum absolute atomic E-state index is 0. The van der Waals surface area contributed by atoms with Crippen molar-refractivity contribution in [3.05, 3.63) is 23.7 Å². The Morgan fingerprint density at radius 1 is 1.18 bits per heavy atom. The van der Waals surface area contributed by atoms with Gasteiger partial charge in [-0.05, 0) is 17.5 Å². The van der Waals surface area contributed by atoms with E-state index >= 15 is 0 Å². The average Bonchev–Trinajstić information content (AvgIpc) is 2.78. The van der Waals surface area contributed by atoms with Crippen LogP contribution in [0.5, 0.6) is 0 Å². The van der Waals surface area contributed by atoms with Gasteiger partial charge in [0.1, 0.15) is 0 Å². The zero-order valence-corrected chi connectivity index (χ0v) is 11.7. The summed E-state index contributed by atoms with van der Waals surface area (Å²) in [6.45, 7) is 4.35. The van der Waals surface area contributed by atoms with Gasteiger partial charge in [-0.25, -0.2) is 0 Å². The number of fused-ring (bicyclic) bond motifs is 1. The lowest BCUT2D eigenvalue weighted by atomic mass is 10.3. The number of aromatic nitrogens is 1. The Balaban J connectivity index is 0.000000722. The van der Waals surface area contributed by atoms with E-state index in [0.29, 0.717) is 0 Å². The lowest BCUT2D eigenvalue weighted by Gasteiger charge is -2.29. The first-order valence-corrected chi connectivity index (χ1v) is 6.11. The fraction of sp³-hybridized carbons (Fsp3) is 0.364. The fourth-order valence-corrected chi connectivity index (χ4v) is 2.91. The van der Waals surface area contributed by atoms with Crippen LogP contribution in [-0.4, -0.2) is 31.2 Å². The highest BCUT2D eigenvalue weighted by molar-refractivity contribution is 7.17. The van der Waals surface area contributed by atoms with Gasteiger partial charge in [0.2, 0.25) is 0 Å². The van der Waals surface area contributed by atoms with Crippen LogP contribution in [0.25, 0.3) is 10.2 Å². The van der Waals surface area contributed by atoms with Crippen molar-refractivity contribution in [1.29, 1.82) is 0 Å². The lowest BCUT2D eigenvalue weighted by Crippen LogP contribution is -2.43. The Kier molecular flexibility index (Phi) is 5.46. The zero-order chi connectivity index (χ0) is 10.1. The molecule has 3 heterocycles. The third kappa shape index (κ3) is 2.83. The first-order valence-electron chi connectivity index (χ1n) is 5.23. The van der Waals surface area contributed by atoms with E-state index < -0.39 is 0 Å². The molecule has 0 amide bonds. The van der Waals surface area contributed by atoms with Crippen molar-refractivity contribution in [3.8, 4) is 0 Å². The number of piperazine rings is 1. The van der Waals surface area contributed by atoms with Gasteiger partial charge in [-0.2, -0.15) is 0 Å². The quantitative estimate of drug-likeness (QED) is 0.875. The lowest BCUT2D eigenvalue weighted by molar-refractivity contribution is 0.590. The molecular formula is C11H15Cl2N3S. The summed E-state index contributed by atoms with van der Waals surface area (Å²) in [5.74, 6) is 0. The number of halogens is 2. The molecule has 0 aliphatic carbocycles. The van der Waals surface area contributed by atoms with Crippen molar-refractivity contribution in [3.63, 3.8) is 0 Å². The average molecular weight is 292 g/mol. The molecule has 0 aromatic carbocycles. The molecule has 2 aromatic heterocycles. The molecule has 17 heavy (non-hydrogen) atoms. The largest absolute Gasteiger partial charge is 0.368 e. The number of rotatable bonds is 1. The van der Waals surface area contributed by atoms with Gasteiger partial charge in [-0.15, -0.1) is 36.2 Å². The molecule has 0 atom stereocenters. The molecule has 1 N–H and O–H groups in total. The highest BCUT2D eigenvalue weighted by atomic mass is 35.5. The van der Waals surface area contributed by atoms with Crippen molar-refractivity contribution in [1.82, 2.24) is 10.3 Å². The first-order chi connectivity index (χ1) is 7.45. The maximum atomic E-state index is 4.36. The maximum Gasteiger partial charge on any atom is 0.0830 e. The van der Waals surface area contributed by atoms with Gasteiger partial charge in [0.25, 0.3) is 0 Å². The Morgan fingerprint density at radius 2 is 1.94 bits per heavy atom. The molecule has 0 bridgehead atoms. The summed E-state index contributed by atoms with van der Waals surface area (Å²) in [5, 5.41) is 5.49. The molecule has 0 radical (unpaired) electrons. The molecule has 1 aliphatic rings. The Labute approximate surface area is 117 Å². The topological polar surface area (TPSA) is 28.2 Å². The molecule has 2 aromatic rings. The normalized spacial score (nSPS) is 15.2. The Hall–Kier alpha value is -0.550. The molecule has 1 fully saturated rings. The molecule has 0 saturated carbocycles. The van der Waals surface area contributed by atoms with E-state index in [9.17, 15) is 0 Å². The monoisotopic (exact) mass is 291 g/mol. The molecule has 3 nitrogen and oxygen atoms in total. The standard InChI is InChI=1S/C11H13N3S.2ClH/c1-3-13-9-2-8-15-11(9)10(1)14-6-4-12-5-7-14;;/h1-3,8,12H,4-7H2;2*1H. The summed E-state index contributed by atoms with van der Waals surface area (Å²) in [5.41, 5.74) is 2.47. The Morgan fingerprint density at radius 3 is 2.71 bits per heavy atom. The van der Waals surface area contributed by atoms with Crippen molar-refractivity contribution >= 4 is 52.1 Å². The molecule has 1 saturated heterocycles. The zero-order valence-electron chi connectivity index (χ0n) is 9.26. The minimum atomic E-state index is 0.